The van der Waals surface area contributed by atoms with E-state index in [1.54, 1.807) is 0 Å². The van der Waals surface area contributed by atoms with Gasteiger partial charge in [-0.1, -0.05) is 59.8 Å². The smallest absolute Gasteiger partial charge is 0.790 e. The number of quaternary nitrogens is 1. The maximum absolute atomic E-state index is 11.2. The van der Waals surface area contributed by atoms with E-state index in [2.05, 4.69) is 20.8 Å². The second kappa shape index (κ2) is 25.1. The van der Waals surface area contributed by atoms with Gasteiger partial charge in [-0.3, -0.25) is 0 Å². The fourth-order valence-corrected chi connectivity index (χ4v) is 4.70. The Morgan fingerprint density at radius 1 is 0.892 bits per heavy atom. The first-order chi connectivity index (χ1) is 16.3. The number of carbonyl (C=O) groups is 1. The molecule has 1 atom stereocenters. The Labute approximate surface area is 240 Å². The van der Waals surface area contributed by atoms with E-state index in [1.165, 1.54) is 77.4 Å². The van der Waals surface area contributed by atoms with Gasteiger partial charge in [0.2, 0.25) is 0 Å². The second-order valence-corrected chi connectivity index (χ2v) is 10.9. The van der Waals surface area contributed by atoms with Crippen LogP contribution in [-0.2, 0) is 30.4 Å². The summed E-state index contributed by atoms with van der Waals surface area (Å²) in [6.07, 6.45) is 14.4. The van der Waals surface area contributed by atoms with Gasteiger partial charge in [0, 0.05) is 6.04 Å². The maximum atomic E-state index is 11.2. The standard InChI is InChI=1S/C20H41NO3.C5H11N.H3N.H3O4P.Pt/c1-5-9-16-21(15-8-4,17-10-6-2)18-12-11-14-20(24,13-7-3)19(22)23;6-5-3-1-2-4-5;;1-5(2,3)4;/h24H,5-18H2,1-4H3;5H,1-4,6H2;1H3;(H3,1,2,3,4);/q;;;;+2/p-2. The number of nitrogens with two attached hydrogens (primary N) is 1. The molecule has 10 nitrogen and oxygen atoms in total. The van der Waals surface area contributed by atoms with Crippen molar-refractivity contribution < 1.29 is 59.8 Å². The quantitative estimate of drug-likeness (QED) is 0.104. The van der Waals surface area contributed by atoms with Crippen LogP contribution in [0.25, 0.3) is 0 Å². The summed E-state index contributed by atoms with van der Waals surface area (Å²) in [4.78, 5) is 35.5. The van der Waals surface area contributed by atoms with Crippen molar-refractivity contribution in [3.63, 3.8) is 0 Å². The summed E-state index contributed by atoms with van der Waals surface area (Å²) in [6.45, 7) is 13.4. The van der Waals surface area contributed by atoms with Gasteiger partial charge in [0.05, 0.1) is 40.0 Å². The van der Waals surface area contributed by atoms with Gasteiger partial charge in [0.1, 0.15) is 5.60 Å². The zero-order valence-electron chi connectivity index (χ0n) is 23.7. The van der Waals surface area contributed by atoms with Gasteiger partial charge in [-0.05, 0) is 57.8 Å². The van der Waals surface area contributed by atoms with Crippen molar-refractivity contribution in [1.29, 1.82) is 0 Å². The molecule has 1 rings (SSSR count). The Hall–Kier alpha value is 0.108. The van der Waals surface area contributed by atoms with E-state index in [0.717, 1.165) is 23.9 Å². The van der Waals surface area contributed by atoms with Crippen molar-refractivity contribution in [3.8, 4) is 0 Å². The molecule has 12 heteroatoms. The minimum absolute atomic E-state index is 0. The topological polar surface area (TPSA) is 205 Å². The first kappa shape index (κ1) is 44.1. The number of aliphatic carboxylic acids is 1. The summed E-state index contributed by atoms with van der Waals surface area (Å²) in [5.74, 6) is -1.31. The number of hydrogen-bond acceptors (Lipinski definition) is 8. The average molecular weight is 737 g/mol. The third kappa shape index (κ3) is 26.1. The summed E-state index contributed by atoms with van der Waals surface area (Å²) >= 11 is 0. The second-order valence-electron chi connectivity index (χ2n) is 9.98. The van der Waals surface area contributed by atoms with E-state index in [-0.39, 0.29) is 33.6 Å². The summed E-state index contributed by atoms with van der Waals surface area (Å²) in [6, 6.07) is 0.546. The molecule has 37 heavy (non-hydrogen) atoms. The van der Waals surface area contributed by atoms with Crippen LogP contribution in [0.2, 0.25) is 0 Å². The van der Waals surface area contributed by atoms with Crippen LogP contribution < -0.4 is 26.8 Å². The molecule has 0 aliphatic heterocycles. The zero-order chi connectivity index (χ0) is 27.4. The predicted octanol–water partition coefficient (Wildman–Crippen LogP) is 2.12. The number of carbonyl (C=O) groups excluding carboxylic acids is 1. The fourth-order valence-electron chi connectivity index (χ4n) is 4.70. The molecule has 228 valence electrons. The van der Waals surface area contributed by atoms with E-state index in [1.807, 2.05) is 6.92 Å². The van der Waals surface area contributed by atoms with Crippen molar-refractivity contribution in [3.05, 3.63) is 0 Å². The molecule has 1 aliphatic carbocycles. The van der Waals surface area contributed by atoms with E-state index in [9.17, 15) is 15.0 Å². The van der Waals surface area contributed by atoms with Crippen LogP contribution in [0.1, 0.15) is 118 Å². The molecule has 7 N–H and O–H groups in total. The average Bonchev–Trinajstić information content (AvgIpc) is 3.24. The van der Waals surface area contributed by atoms with Crippen molar-refractivity contribution >= 4 is 13.8 Å². The molecular weight excluding hydrogens is 680 g/mol. The number of rotatable bonds is 16. The molecule has 1 fully saturated rings. The molecule has 0 aromatic carbocycles. The number of carboxylic acid groups (broad SMARTS) is 1. The van der Waals surface area contributed by atoms with Crippen LogP contribution in [0.4, 0.5) is 0 Å². The predicted molar refractivity (Wildman–Crippen MR) is 140 cm³/mol. The number of phosphoric acid groups is 1. The summed E-state index contributed by atoms with van der Waals surface area (Å²) in [7, 11) is -5.14. The molecule has 0 spiro atoms. The third-order valence-electron chi connectivity index (χ3n) is 6.59. The number of hydrogen-bond donors (Lipinski definition) is 4. The number of nitrogens with zero attached hydrogens (tertiary/aromatic N) is 1. The molecule has 0 aromatic rings. The molecule has 0 aromatic heterocycles. The summed E-state index contributed by atoms with van der Waals surface area (Å²) < 4.78 is 9.82. The number of aliphatic hydroxyl groups is 1. The molecule has 0 heterocycles. The van der Waals surface area contributed by atoms with E-state index >= 15 is 0 Å². The van der Waals surface area contributed by atoms with Gasteiger partial charge in [0.25, 0.3) is 0 Å². The van der Waals surface area contributed by atoms with Crippen LogP contribution >= 0.6 is 7.82 Å². The Balaban J connectivity index is -0.000000344. The normalized spacial score (nSPS) is 15.2. The van der Waals surface area contributed by atoms with Gasteiger partial charge in [-0.15, -0.1) is 0 Å². The summed E-state index contributed by atoms with van der Waals surface area (Å²) in [5.41, 5.74) is 3.90. The third-order valence-corrected chi connectivity index (χ3v) is 6.59. The maximum Gasteiger partial charge on any atom is 2.00 e. The van der Waals surface area contributed by atoms with Crippen LogP contribution in [0, 0.1) is 0 Å². The van der Waals surface area contributed by atoms with Gasteiger partial charge in [-0.2, -0.15) is 0 Å². The van der Waals surface area contributed by atoms with Crippen LogP contribution in [-0.4, -0.2) is 58.3 Å². The molecule has 0 saturated heterocycles. The van der Waals surface area contributed by atoms with Crippen molar-refractivity contribution in [1.82, 2.24) is 6.15 Å². The Morgan fingerprint density at radius 2 is 1.32 bits per heavy atom. The Morgan fingerprint density at radius 3 is 1.62 bits per heavy atom. The molecular formula is C25H56N3O7PPt. The van der Waals surface area contributed by atoms with E-state index in [0.29, 0.717) is 18.9 Å². The van der Waals surface area contributed by atoms with Crippen molar-refractivity contribution in [2.75, 3.05) is 26.2 Å². The Kier molecular flexibility index (Phi) is 29.9. The van der Waals surface area contributed by atoms with Crippen molar-refractivity contribution in [2.45, 2.75) is 129 Å². The first-order valence-electron chi connectivity index (χ1n) is 13.6. The minimum Gasteiger partial charge on any atom is -0.790 e. The van der Waals surface area contributed by atoms with Crippen molar-refractivity contribution in [2.24, 2.45) is 5.73 Å². The van der Waals surface area contributed by atoms with Crippen LogP contribution in [0.3, 0.4) is 0 Å². The molecule has 0 bridgehead atoms. The Bertz CT molecular complexity index is 562. The molecule has 1 aliphatic rings. The fraction of sp³-hybridized carbons (Fsp3) is 0.960. The van der Waals surface area contributed by atoms with E-state index in [4.69, 9.17) is 25.0 Å². The van der Waals surface area contributed by atoms with Gasteiger partial charge < -0.3 is 50.6 Å². The number of carboxylic acids is 1. The minimum atomic E-state index is -5.14. The van der Waals surface area contributed by atoms with Gasteiger partial charge in [0.15, 0.2) is 0 Å². The molecule has 0 radical (unpaired) electrons. The molecule has 1 saturated carbocycles. The van der Waals surface area contributed by atoms with Crippen LogP contribution in [0.15, 0.2) is 0 Å². The number of unbranched alkanes of at least 4 members (excludes halogenated alkanes) is 3. The monoisotopic (exact) mass is 736 g/mol. The largest absolute Gasteiger partial charge is 2.00 e. The first-order valence-corrected chi connectivity index (χ1v) is 15.1. The summed E-state index contributed by atoms with van der Waals surface area (Å²) in [5, 5.41) is 21.5. The molecule has 0 amide bonds. The SMILES string of the molecule is CCCC[N+](CCC)(CCCC)CCCCC(O)(CCC)C(=O)[O-].N.NC1CCCC1.O=P([O-])([O-])O.[Pt+2]. The van der Waals surface area contributed by atoms with E-state index < -0.39 is 19.4 Å². The van der Waals surface area contributed by atoms with Gasteiger partial charge in [-0.25, -0.2) is 0 Å². The van der Waals surface area contributed by atoms with Gasteiger partial charge >= 0.3 is 21.1 Å². The van der Waals surface area contributed by atoms with Crippen LogP contribution in [0.5, 0.6) is 0 Å². The zero-order valence-corrected chi connectivity index (χ0v) is 26.9. The molecule has 1 unspecified atom stereocenters.